The first-order chi connectivity index (χ1) is 9.58. The third-order valence-electron chi connectivity index (χ3n) is 2.51. The van der Waals surface area contributed by atoms with E-state index in [0.29, 0.717) is 23.8 Å². The highest BCUT2D eigenvalue weighted by molar-refractivity contribution is 7.99. The number of benzene rings is 1. The van der Waals surface area contributed by atoms with Gasteiger partial charge in [-0.1, -0.05) is 6.92 Å². The van der Waals surface area contributed by atoms with Crippen molar-refractivity contribution in [3.8, 4) is 0 Å². The molecule has 0 aliphatic heterocycles. The van der Waals surface area contributed by atoms with Gasteiger partial charge in [0, 0.05) is 16.7 Å². The lowest BCUT2D eigenvalue weighted by Gasteiger charge is -2.16. The number of hydrogen-bond acceptors (Lipinski definition) is 4. The lowest BCUT2D eigenvalue weighted by Crippen LogP contribution is -2.40. The van der Waals surface area contributed by atoms with Gasteiger partial charge in [0.15, 0.2) is 0 Å². The van der Waals surface area contributed by atoms with E-state index in [9.17, 15) is 13.6 Å². The number of hydrogen-bond donors (Lipinski definition) is 1. The van der Waals surface area contributed by atoms with Crippen LogP contribution in [0.4, 0.5) is 8.78 Å². The molecule has 6 heteroatoms. The van der Waals surface area contributed by atoms with Gasteiger partial charge in [0.1, 0.15) is 17.7 Å². The number of carbonyl (C=O) groups is 1. The fourth-order valence-electron chi connectivity index (χ4n) is 1.54. The zero-order valence-electron chi connectivity index (χ0n) is 11.6. The van der Waals surface area contributed by atoms with E-state index in [2.05, 4.69) is 5.32 Å². The van der Waals surface area contributed by atoms with Crippen LogP contribution < -0.4 is 5.32 Å². The van der Waals surface area contributed by atoms with Crippen LogP contribution in [0.1, 0.15) is 20.3 Å². The second-order valence-corrected chi connectivity index (χ2v) is 5.21. The Hall–Kier alpha value is -1.14. The summed E-state index contributed by atoms with van der Waals surface area (Å²) in [5, 5.41) is 3.06. The summed E-state index contributed by atoms with van der Waals surface area (Å²) in [4.78, 5) is 12.1. The van der Waals surface area contributed by atoms with Crippen molar-refractivity contribution in [1.29, 1.82) is 0 Å². The molecule has 1 aromatic rings. The van der Waals surface area contributed by atoms with Gasteiger partial charge < -0.3 is 10.1 Å². The lowest BCUT2D eigenvalue weighted by atomic mass is 10.3. The van der Waals surface area contributed by atoms with Crippen molar-refractivity contribution in [2.24, 2.45) is 0 Å². The van der Waals surface area contributed by atoms with E-state index in [-0.39, 0.29) is 5.97 Å². The van der Waals surface area contributed by atoms with Crippen molar-refractivity contribution in [3.05, 3.63) is 29.8 Å². The van der Waals surface area contributed by atoms with Crippen molar-refractivity contribution >= 4 is 17.7 Å². The van der Waals surface area contributed by atoms with Crippen LogP contribution in [0.25, 0.3) is 0 Å². The quantitative estimate of drug-likeness (QED) is 0.592. The Balaban J connectivity index is 2.62. The summed E-state index contributed by atoms with van der Waals surface area (Å²) >= 11 is 1.16. The van der Waals surface area contributed by atoms with E-state index in [0.717, 1.165) is 24.2 Å². The Morgan fingerprint density at radius 1 is 1.40 bits per heavy atom. The standard InChI is InChI=1S/C14H19F2NO2S/c1-3-7-17-12(14(18)19-4-2)9-20-13-6-5-10(15)8-11(13)16/h5-6,8,12,17H,3-4,7,9H2,1-2H3. The zero-order valence-corrected chi connectivity index (χ0v) is 12.4. The molecule has 0 amide bonds. The molecule has 0 fully saturated rings. The fourth-order valence-corrected chi connectivity index (χ4v) is 2.50. The predicted octanol–water partition coefficient (Wildman–Crippen LogP) is 2.99. The van der Waals surface area contributed by atoms with Crippen LogP contribution in [0.5, 0.6) is 0 Å². The molecule has 0 bridgehead atoms. The Bertz CT molecular complexity index is 443. The van der Waals surface area contributed by atoms with E-state index in [4.69, 9.17) is 4.74 Å². The summed E-state index contributed by atoms with van der Waals surface area (Å²) in [7, 11) is 0. The summed E-state index contributed by atoms with van der Waals surface area (Å²) in [6.07, 6.45) is 0.880. The van der Waals surface area contributed by atoms with Gasteiger partial charge in [-0.25, -0.2) is 8.78 Å². The van der Waals surface area contributed by atoms with Crippen LogP contribution in [0.15, 0.2) is 23.1 Å². The van der Waals surface area contributed by atoms with Gasteiger partial charge >= 0.3 is 5.97 Å². The molecule has 1 aromatic carbocycles. The van der Waals surface area contributed by atoms with Crippen LogP contribution in [-0.4, -0.2) is 30.9 Å². The first kappa shape index (κ1) is 16.9. The van der Waals surface area contributed by atoms with Crippen LogP contribution in [0.3, 0.4) is 0 Å². The summed E-state index contributed by atoms with van der Waals surface area (Å²) in [5.74, 6) is -1.25. The Morgan fingerprint density at radius 3 is 2.75 bits per heavy atom. The first-order valence-corrected chi connectivity index (χ1v) is 7.54. The van der Waals surface area contributed by atoms with Gasteiger partial charge in [-0.3, -0.25) is 4.79 Å². The van der Waals surface area contributed by atoms with E-state index < -0.39 is 17.7 Å². The molecule has 1 atom stereocenters. The third kappa shape index (κ3) is 5.46. The van der Waals surface area contributed by atoms with Crippen molar-refractivity contribution in [2.45, 2.75) is 31.2 Å². The molecule has 0 saturated carbocycles. The van der Waals surface area contributed by atoms with Gasteiger partial charge in [0.25, 0.3) is 0 Å². The summed E-state index contributed by atoms with van der Waals surface area (Å²) in [6, 6.07) is 2.91. The Labute approximate surface area is 122 Å². The van der Waals surface area contributed by atoms with Gasteiger partial charge in [0.2, 0.25) is 0 Å². The molecule has 0 aliphatic carbocycles. The number of thioether (sulfide) groups is 1. The SMILES string of the molecule is CCCNC(CSc1ccc(F)cc1F)C(=O)OCC. The van der Waals surface area contributed by atoms with Gasteiger partial charge in [-0.2, -0.15) is 0 Å². The van der Waals surface area contributed by atoms with Crippen LogP contribution in [-0.2, 0) is 9.53 Å². The molecule has 1 unspecified atom stereocenters. The number of ether oxygens (including phenoxy) is 1. The minimum absolute atomic E-state index is 0.304. The summed E-state index contributed by atoms with van der Waals surface area (Å²) in [5.41, 5.74) is 0. The molecule has 3 nitrogen and oxygen atoms in total. The number of nitrogens with one attached hydrogen (secondary N) is 1. The minimum Gasteiger partial charge on any atom is -0.465 e. The molecule has 0 radical (unpaired) electrons. The monoisotopic (exact) mass is 303 g/mol. The maximum absolute atomic E-state index is 13.5. The van der Waals surface area contributed by atoms with Crippen molar-refractivity contribution in [2.75, 3.05) is 18.9 Å². The molecule has 1 N–H and O–H groups in total. The van der Waals surface area contributed by atoms with Gasteiger partial charge in [0.05, 0.1) is 6.61 Å². The highest BCUT2D eigenvalue weighted by atomic mass is 32.2. The molecule has 0 aromatic heterocycles. The Morgan fingerprint density at radius 2 is 2.15 bits per heavy atom. The summed E-state index contributed by atoms with van der Waals surface area (Å²) in [6.45, 7) is 4.71. The molecule has 20 heavy (non-hydrogen) atoms. The maximum Gasteiger partial charge on any atom is 0.323 e. The second kappa shape index (κ2) is 8.92. The molecule has 0 saturated heterocycles. The van der Waals surface area contributed by atoms with Crippen molar-refractivity contribution in [3.63, 3.8) is 0 Å². The number of halogens is 2. The van der Waals surface area contributed by atoms with Gasteiger partial charge in [-0.15, -0.1) is 11.8 Å². The maximum atomic E-state index is 13.5. The molecule has 0 heterocycles. The minimum atomic E-state index is -0.617. The van der Waals surface area contributed by atoms with E-state index in [1.165, 1.54) is 12.1 Å². The summed E-state index contributed by atoms with van der Waals surface area (Å²) < 4.78 is 31.3. The van der Waals surface area contributed by atoms with E-state index in [1.807, 2.05) is 6.92 Å². The zero-order chi connectivity index (χ0) is 15.0. The molecule has 0 aliphatic rings. The largest absolute Gasteiger partial charge is 0.465 e. The smallest absolute Gasteiger partial charge is 0.323 e. The van der Waals surface area contributed by atoms with Crippen molar-refractivity contribution < 1.29 is 18.3 Å². The highest BCUT2D eigenvalue weighted by Crippen LogP contribution is 2.23. The molecular weight excluding hydrogens is 284 g/mol. The van der Waals surface area contributed by atoms with Crippen LogP contribution in [0, 0.1) is 11.6 Å². The average Bonchev–Trinajstić information content (AvgIpc) is 2.41. The van der Waals surface area contributed by atoms with Gasteiger partial charge in [-0.05, 0) is 32.0 Å². The van der Waals surface area contributed by atoms with Crippen LogP contribution in [0.2, 0.25) is 0 Å². The number of esters is 1. The van der Waals surface area contributed by atoms with E-state index >= 15 is 0 Å². The van der Waals surface area contributed by atoms with Crippen molar-refractivity contribution in [1.82, 2.24) is 5.32 Å². The number of carbonyl (C=O) groups excluding carboxylic acids is 1. The van der Waals surface area contributed by atoms with Crippen LogP contribution >= 0.6 is 11.8 Å². The number of rotatable bonds is 8. The predicted molar refractivity (Wildman–Crippen MR) is 75.8 cm³/mol. The molecular formula is C14H19F2NO2S. The average molecular weight is 303 g/mol. The normalized spacial score (nSPS) is 12.2. The first-order valence-electron chi connectivity index (χ1n) is 6.56. The molecule has 1 rings (SSSR count). The van der Waals surface area contributed by atoms with E-state index in [1.54, 1.807) is 6.92 Å². The molecule has 112 valence electrons. The fraction of sp³-hybridized carbons (Fsp3) is 0.500. The highest BCUT2D eigenvalue weighted by Gasteiger charge is 2.19. The Kier molecular flexibility index (Phi) is 7.54. The topological polar surface area (TPSA) is 38.3 Å². The molecule has 0 spiro atoms. The third-order valence-corrected chi connectivity index (χ3v) is 3.65. The lowest BCUT2D eigenvalue weighted by molar-refractivity contribution is -0.144. The second-order valence-electron chi connectivity index (χ2n) is 4.14.